The number of benzene rings is 1. The summed E-state index contributed by atoms with van der Waals surface area (Å²) in [5.41, 5.74) is 4.08. The van der Waals surface area contributed by atoms with Gasteiger partial charge in [-0.25, -0.2) is 0 Å². The van der Waals surface area contributed by atoms with Gasteiger partial charge < -0.3 is 14.5 Å². The van der Waals surface area contributed by atoms with E-state index in [4.69, 9.17) is 4.74 Å². The van der Waals surface area contributed by atoms with Gasteiger partial charge in [0, 0.05) is 32.8 Å². The molecule has 27 heavy (non-hydrogen) atoms. The average Bonchev–Trinajstić information content (AvgIpc) is 2.68. The molecule has 0 spiro atoms. The number of carbonyl (C=O) groups is 1. The van der Waals surface area contributed by atoms with Crippen molar-refractivity contribution in [1.82, 2.24) is 9.80 Å². The second kappa shape index (κ2) is 9.81. The molecule has 4 nitrogen and oxygen atoms in total. The Balaban J connectivity index is 2.16. The summed E-state index contributed by atoms with van der Waals surface area (Å²) in [6.07, 6.45) is 7.64. The topological polar surface area (TPSA) is 32.8 Å². The minimum atomic E-state index is 0.0434. The smallest absolute Gasteiger partial charge is 0.270 e. The van der Waals surface area contributed by atoms with Gasteiger partial charge in [0.25, 0.3) is 5.91 Å². The first-order valence-electron chi connectivity index (χ1n) is 9.44. The lowest BCUT2D eigenvalue weighted by Crippen LogP contribution is -2.38. The van der Waals surface area contributed by atoms with Gasteiger partial charge in [0.05, 0.1) is 0 Å². The number of likely N-dealkylation sites (N-methyl/N-ethyl adjacent to an activating group) is 2. The standard InChI is InChI=1S/C23H30N2O2/c1-6-11-18(4)21-13-10-9-12-19(21)17-27-20-14-15-24(5)22(16-20)23(26)25(7-2)8-3/h6,9-14,16H,1,7-8,15,17H2,2-5H3/b18-11-. The van der Waals surface area contributed by atoms with Crippen LogP contribution in [-0.4, -0.2) is 42.4 Å². The van der Waals surface area contributed by atoms with Crippen LogP contribution in [0.5, 0.6) is 0 Å². The van der Waals surface area contributed by atoms with Gasteiger partial charge in [-0.3, -0.25) is 4.79 Å². The molecule has 1 heterocycles. The average molecular weight is 367 g/mol. The Labute approximate surface area is 163 Å². The highest BCUT2D eigenvalue weighted by Gasteiger charge is 2.22. The predicted molar refractivity (Wildman–Crippen MR) is 112 cm³/mol. The fourth-order valence-electron chi connectivity index (χ4n) is 3.09. The summed E-state index contributed by atoms with van der Waals surface area (Å²) in [6.45, 7) is 12.3. The minimum Gasteiger partial charge on any atom is -0.489 e. The van der Waals surface area contributed by atoms with Crippen molar-refractivity contribution in [2.45, 2.75) is 27.4 Å². The number of ether oxygens (including phenoxy) is 1. The first-order valence-corrected chi connectivity index (χ1v) is 9.44. The number of allylic oxidation sites excluding steroid dienone is 4. The zero-order valence-electron chi connectivity index (χ0n) is 16.9. The van der Waals surface area contributed by atoms with Gasteiger partial charge in [-0.1, -0.05) is 43.0 Å². The third-order valence-corrected chi connectivity index (χ3v) is 4.73. The van der Waals surface area contributed by atoms with Crippen LogP contribution in [0.15, 0.2) is 66.6 Å². The highest BCUT2D eigenvalue weighted by Crippen LogP contribution is 2.22. The molecule has 4 heteroatoms. The summed E-state index contributed by atoms with van der Waals surface area (Å²) in [5, 5.41) is 0. The Kier molecular flexibility index (Phi) is 7.47. The molecule has 1 aliphatic heterocycles. The summed E-state index contributed by atoms with van der Waals surface area (Å²) >= 11 is 0. The molecule has 0 N–H and O–H groups in total. The fraction of sp³-hybridized carbons (Fsp3) is 0.348. The van der Waals surface area contributed by atoms with Gasteiger partial charge in [-0.15, -0.1) is 0 Å². The highest BCUT2D eigenvalue weighted by molar-refractivity contribution is 5.93. The van der Waals surface area contributed by atoms with Crippen LogP contribution in [0.2, 0.25) is 0 Å². The molecule has 0 aromatic heterocycles. The van der Waals surface area contributed by atoms with Gasteiger partial charge in [-0.2, -0.15) is 0 Å². The zero-order chi connectivity index (χ0) is 19.8. The minimum absolute atomic E-state index is 0.0434. The van der Waals surface area contributed by atoms with Gasteiger partial charge in [0.2, 0.25) is 0 Å². The third kappa shape index (κ3) is 5.13. The summed E-state index contributed by atoms with van der Waals surface area (Å²) in [6, 6.07) is 8.19. The Morgan fingerprint density at radius 3 is 2.67 bits per heavy atom. The Morgan fingerprint density at radius 2 is 2.00 bits per heavy atom. The third-order valence-electron chi connectivity index (χ3n) is 4.73. The molecule has 2 rings (SSSR count). The lowest BCUT2D eigenvalue weighted by Gasteiger charge is -2.29. The highest BCUT2D eigenvalue weighted by atomic mass is 16.5. The second-order valence-electron chi connectivity index (χ2n) is 6.53. The van der Waals surface area contributed by atoms with Crippen LogP contribution in [0.25, 0.3) is 5.57 Å². The molecule has 0 aliphatic carbocycles. The number of carbonyl (C=O) groups excluding carboxylic acids is 1. The van der Waals surface area contributed by atoms with Crippen LogP contribution in [0.1, 0.15) is 31.9 Å². The lowest BCUT2D eigenvalue weighted by molar-refractivity contribution is -0.128. The van der Waals surface area contributed by atoms with Crippen molar-refractivity contribution in [2.24, 2.45) is 0 Å². The molecule has 0 saturated carbocycles. The maximum Gasteiger partial charge on any atom is 0.270 e. The molecule has 0 radical (unpaired) electrons. The van der Waals surface area contributed by atoms with Gasteiger partial charge in [0.1, 0.15) is 18.1 Å². The van der Waals surface area contributed by atoms with Crippen molar-refractivity contribution in [1.29, 1.82) is 0 Å². The molecule has 1 aromatic carbocycles. The van der Waals surface area contributed by atoms with E-state index >= 15 is 0 Å². The van der Waals surface area contributed by atoms with Crippen LogP contribution in [0, 0.1) is 0 Å². The predicted octanol–water partition coefficient (Wildman–Crippen LogP) is 4.37. The second-order valence-corrected chi connectivity index (χ2v) is 6.53. The maximum absolute atomic E-state index is 12.7. The first kappa shape index (κ1) is 20.6. The Bertz CT molecular complexity index is 770. The van der Waals surface area contributed by atoms with E-state index in [0.29, 0.717) is 31.9 Å². The zero-order valence-corrected chi connectivity index (χ0v) is 16.9. The van der Waals surface area contributed by atoms with Gasteiger partial charge in [-0.05, 0) is 43.5 Å². The van der Waals surface area contributed by atoms with Crippen LogP contribution < -0.4 is 0 Å². The van der Waals surface area contributed by atoms with Crippen LogP contribution >= 0.6 is 0 Å². The van der Waals surface area contributed by atoms with Gasteiger partial charge >= 0.3 is 0 Å². The summed E-state index contributed by atoms with van der Waals surface area (Å²) in [4.78, 5) is 16.5. The van der Waals surface area contributed by atoms with Crippen molar-refractivity contribution in [3.8, 4) is 0 Å². The van der Waals surface area contributed by atoms with Crippen molar-refractivity contribution in [3.05, 3.63) is 77.7 Å². The van der Waals surface area contributed by atoms with E-state index in [0.717, 1.165) is 22.5 Å². The number of hydrogen-bond donors (Lipinski definition) is 0. The largest absolute Gasteiger partial charge is 0.489 e. The molecule has 1 aliphatic rings. The number of rotatable bonds is 8. The van der Waals surface area contributed by atoms with Crippen LogP contribution in [-0.2, 0) is 16.1 Å². The SMILES string of the molecule is C=C/C=C(/C)c1ccccc1COC1=CCN(C)C(C(=O)N(CC)CC)=C1. The molecule has 0 fully saturated rings. The molecule has 0 atom stereocenters. The first-order chi connectivity index (χ1) is 13.0. The lowest BCUT2D eigenvalue weighted by atomic mass is 10.0. The fourth-order valence-corrected chi connectivity index (χ4v) is 3.09. The Hall–Kier alpha value is -2.75. The number of amides is 1. The van der Waals surface area contributed by atoms with E-state index in [2.05, 4.69) is 25.6 Å². The summed E-state index contributed by atoms with van der Waals surface area (Å²) < 4.78 is 6.05. The number of nitrogens with zero attached hydrogens (tertiary/aromatic N) is 2. The molecular weight excluding hydrogens is 336 g/mol. The Morgan fingerprint density at radius 1 is 1.30 bits per heavy atom. The molecule has 0 bridgehead atoms. The molecular formula is C23H30N2O2. The van der Waals surface area contributed by atoms with Crippen molar-refractivity contribution < 1.29 is 9.53 Å². The summed E-state index contributed by atoms with van der Waals surface area (Å²) in [5.74, 6) is 0.783. The molecule has 1 aromatic rings. The molecule has 1 amide bonds. The van der Waals surface area contributed by atoms with Crippen molar-refractivity contribution >= 4 is 11.5 Å². The van der Waals surface area contributed by atoms with E-state index in [1.165, 1.54) is 0 Å². The normalized spacial score (nSPS) is 14.4. The van der Waals surface area contributed by atoms with E-state index in [1.54, 1.807) is 6.08 Å². The van der Waals surface area contributed by atoms with Crippen LogP contribution in [0.3, 0.4) is 0 Å². The molecule has 0 unspecified atom stereocenters. The monoisotopic (exact) mass is 366 g/mol. The summed E-state index contributed by atoms with van der Waals surface area (Å²) in [7, 11) is 1.93. The van der Waals surface area contributed by atoms with E-state index in [-0.39, 0.29) is 5.91 Å². The van der Waals surface area contributed by atoms with E-state index in [9.17, 15) is 4.79 Å². The van der Waals surface area contributed by atoms with E-state index < -0.39 is 0 Å². The number of hydrogen-bond acceptors (Lipinski definition) is 3. The van der Waals surface area contributed by atoms with Gasteiger partial charge in [0.15, 0.2) is 0 Å². The van der Waals surface area contributed by atoms with Crippen molar-refractivity contribution in [3.63, 3.8) is 0 Å². The molecule has 144 valence electrons. The van der Waals surface area contributed by atoms with Crippen molar-refractivity contribution in [2.75, 3.05) is 26.7 Å². The maximum atomic E-state index is 12.7. The van der Waals surface area contributed by atoms with Crippen LogP contribution in [0.4, 0.5) is 0 Å². The quantitative estimate of drug-likeness (QED) is 0.640. The molecule has 0 saturated heterocycles. The van der Waals surface area contributed by atoms with E-state index in [1.807, 2.05) is 61.1 Å².